The van der Waals surface area contributed by atoms with Gasteiger partial charge in [-0.2, -0.15) is 5.26 Å². The van der Waals surface area contributed by atoms with Crippen LogP contribution in [-0.4, -0.2) is 59.4 Å². The summed E-state index contributed by atoms with van der Waals surface area (Å²) in [7, 11) is 1.43. The maximum atomic E-state index is 12.2. The van der Waals surface area contributed by atoms with Gasteiger partial charge in [-0.25, -0.2) is 4.79 Å². The number of ether oxygens (including phenoxy) is 2. The summed E-state index contributed by atoms with van der Waals surface area (Å²) in [6.07, 6.45) is -0.0392. The van der Waals surface area contributed by atoms with Crippen LogP contribution < -0.4 is 9.47 Å². The van der Waals surface area contributed by atoms with Gasteiger partial charge >= 0.3 is 5.97 Å². The van der Waals surface area contributed by atoms with Crippen molar-refractivity contribution in [2.75, 3.05) is 26.8 Å². The molecule has 0 atom stereocenters. The third kappa shape index (κ3) is 3.75. The van der Waals surface area contributed by atoms with Crippen molar-refractivity contribution >= 4 is 11.9 Å². The van der Waals surface area contributed by atoms with Gasteiger partial charge in [-0.3, -0.25) is 4.79 Å². The highest BCUT2D eigenvalue weighted by atomic mass is 16.5. The standard InChI is InChI=1S/C16H18N2O6/c1-23-13-8-11(9-17)2-3-12(13)24-10-14(19)18-6-4-16(22,5-7-18)15(20)21/h2-3,8,22H,4-7,10H2,1H3,(H,20,21). The Hall–Kier alpha value is -2.79. The van der Waals surface area contributed by atoms with E-state index >= 15 is 0 Å². The summed E-state index contributed by atoms with van der Waals surface area (Å²) >= 11 is 0. The van der Waals surface area contributed by atoms with Gasteiger partial charge in [-0.1, -0.05) is 0 Å². The van der Waals surface area contributed by atoms with Crippen LogP contribution in [0.1, 0.15) is 18.4 Å². The van der Waals surface area contributed by atoms with Gasteiger partial charge in [-0.05, 0) is 12.1 Å². The van der Waals surface area contributed by atoms with Gasteiger partial charge in [0.2, 0.25) is 0 Å². The molecule has 128 valence electrons. The van der Waals surface area contributed by atoms with E-state index < -0.39 is 11.6 Å². The summed E-state index contributed by atoms with van der Waals surface area (Å²) in [6.45, 7) is 0.0543. The number of likely N-dealkylation sites (tertiary alicyclic amines) is 1. The molecule has 1 aliphatic rings. The zero-order valence-corrected chi connectivity index (χ0v) is 13.2. The molecule has 24 heavy (non-hydrogen) atoms. The number of aliphatic carboxylic acids is 1. The predicted octanol–water partition coefficient (Wildman–Crippen LogP) is 0.384. The lowest BCUT2D eigenvalue weighted by Crippen LogP contribution is -2.51. The second-order valence-corrected chi connectivity index (χ2v) is 5.48. The van der Waals surface area contributed by atoms with Crippen molar-refractivity contribution in [3.8, 4) is 17.6 Å². The lowest BCUT2D eigenvalue weighted by atomic mass is 9.92. The first-order chi connectivity index (χ1) is 11.4. The number of hydrogen-bond acceptors (Lipinski definition) is 6. The summed E-state index contributed by atoms with van der Waals surface area (Å²) in [4.78, 5) is 24.6. The van der Waals surface area contributed by atoms with Crippen molar-refractivity contribution in [3.05, 3.63) is 23.8 Å². The van der Waals surface area contributed by atoms with E-state index in [1.54, 1.807) is 12.1 Å². The van der Waals surface area contributed by atoms with Crippen molar-refractivity contribution in [2.24, 2.45) is 0 Å². The molecule has 1 saturated heterocycles. The van der Waals surface area contributed by atoms with Crippen LogP contribution >= 0.6 is 0 Å². The van der Waals surface area contributed by atoms with E-state index in [9.17, 15) is 14.7 Å². The molecule has 0 spiro atoms. The molecular weight excluding hydrogens is 316 g/mol. The molecule has 2 N–H and O–H groups in total. The molecule has 1 amide bonds. The van der Waals surface area contributed by atoms with Gasteiger partial charge in [0.15, 0.2) is 23.7 Å². The number of nitrogens with zero attached hydrogens (tertiary/aromatic N) is 2. The first-order valence-electron chi connectivity index (χ1n) is 7.34. The quantitative estimate of drug-likeness (QED) is 0.799. The molecule has 0 saturated carbocycles. The molecule has 0 radical (unpaired) electrons. The topological polar surface area (TPSA) is 120 Å². The third-order valence-corrected chi connectivity index (χ3v) is 3.99. The third-order valence-electron chi connectivity index (χ3n) is 3.99. The van der Waals surface area contributed by atoms with E-state index in [1.165, 1.54) is 18.1 Å². The van der Waals surface area contributed by atoms with Crippen molar-refractivity contribution in [1.29, 1.82) is 5.26 Å². The Bertz CT molecular complexity index is 674. The molecule has 2 rings (SSSR count). The van der Waals surface area contributed by atoms with Crippen molar-refractivity contribution in [1.82, 2.24) is 4.90 Å². The minimum absolute atomic E-state index is 0.0196. The van der Waals surface area contributed by atoms with Crippen LogP contribution in [0, 0.1) is 11.3 Å². The number of carboxylic acids is 1. The van der Waals surface area contributed by atoms with E-state index in [0.717, 1.165) is 0 Å². The van der Waals surface area contributed by atoms with E-state index in [0.29, 0.717) is 17.1 Å². The number of piperidine rings is 1. The molecule has 8 nitrogen and oxygen atoms in total. The Balaban J connectivity index is 1.93. The zero-order valence-electron chi connectivity index (χ0n) is 13.2. The summed E-state index contributed by atoms with van der Waals surface area (Å²) in [6, 6.07) is 6.58. The second-order valence-electron chi connectivity index (χ2n) is 5.48. The number of carboxylic acid groups (broad SMARTS) is 1. The Morgan fingerprint density at radius 3 is 2.54 bits per heavy atom. The molecule has 0 aliphatic carbocycles. The van der Waals surface area contributed by atoms with Crippen LogP contribution in [-0.2, 0) is 9.59 Å². The first kappa shape index (κ1) is 17.6. The number of carbonyl (C=O) groups is 2. The van der Waals surface area contributed by atoms with Crippen LogP contribution in [0.15, 0.2) is 18.2 Å². The molecule has 8 heteroatoms. The molecule has 0 unspecified atom stereocenters. The average Bonchev–Trinajstić information content (AvgIpc) is 2.60. The summed E-state index contributed by atoms with van der Waals surface area (Å²) in [5, 5.41) is 27.7. The number of aliphatic hydroxyl groups is 1. The predicted molar refractivity (Wildman–Crippen MR) is 81.6 cm³/mol. The van der Waals surface area contributed by atoms with E-state index in [1.807, 2.05) is 6.07 Å². The van der Waals surface area contributed by atoms with E-state index in [-0.39, 0.29) is 38.4 Å². The van der Waals surface area contributed by atoms with Crippen LogP contribution in [0.2, 0.25) is 0 Å². The van der Waals surface area contributed by atoms with Crippen LogP contribution in [0.25, 0.3) is 0 Å². The zero-order chi connectivity index (χ0) is 17.7. The van der Waals surface area contributed by atoms with Gasteiger partial charge in [0.25, 0.3) is 5.91 Å². The van der Waals surface area contributed by atoms with Crippen molar-refractivity contribution < 1.29 is 29.3 Å². The van der Waals surface area contributed by atoms with Crippen LogP contribution in [0.3, 0.4) is 0 Å². The van der Waals surface area contributed by atoms with E-state index in [4.69, 9.17) is 19.8 Å². The lowest BCUT2D eigenvalue weighted by Gasteiger charge is -2.35. The number of methoxy groups -OCH3 is 1. The molecule has 1 aromatic carbocycles. The fourth-order valence-electron chi connectivity index (χ4n) is 2.43. The Kier molecular flexibility index (Phi) is 5.26. The maximum absolute atomic E-state index is 12.2. The second kappa shape index (κ2) is 7.19. The van der Waals surface area contributed by atoms with Crippen molar-refractivity contribution in [3.63, 3.8) is 0 Å². The number of nitriles is 1. The van der Waals surface area contributed by atoms with Crippen LogP contribution in [0.4, 0.5) is 0 Å². The molecule has 0 aromatic heterocycles. The van der Waals surface area contributed by atoms with Gasteiger partial charge in [0.05, 0.1) is 18.7 Å². The Morgan fingerprint density at radius 2 is 2.00 bits per heavy atom. The number of rotatable bonds is 5. The van der Waals surface area contributed by atoms with E-state index in [2.05, 4.69) is 0 Å². The summed E-state index contributed by atoms with van der Waals surface area (Å²) < 4.78 is 10.6. The average molecular weight is 334 g/mol. The summed E-state index contributed by atoms with van der Waals surface area (Å²) in [5.74, 6) is -0.897. The first-order valence-corrected chi connectivity index (χ1v) is 7.34. The van der Waals surface area contributed by atoms with Gasteiger partial charge < -0.3 is 24.6 Å². The number of carbonyl (C=O) groups excluding carboxylic acids is 1. The molecule has 1 heterocycles. The molecular formula is C16H18N2O6. The number of hydrogen-bond donors (Lipinski definition) is 2. The van der Waals surface area contributed by atoms with Gasteiger partial charge in [0.1, 0.15) is 0 Å². The highest BCUT2D eigenvalue weighted by Gasteiger charge is 2.40. The van der Waals surface area contributed by atoms with Gasteiger partial charge in [0, 0.05) is 32.0 Å². The minimum atomic E-state index is -1.77. The molecule has 0 bridgehead atoms. The Labute approximate surface area is 138 Å². The SMILES string of the molecule is COc1cc(C#N)ccc1OCC(=O)N1CCC(O)(C(=O)O)CC1. The lowest BCUT2D eigenvalue weighted by molar-refractivity contribution is -0.165. The van der Waals surface area contributed by atoms with Crippen molar-refractivity contribution in [2.45, 2.75) is 18.4 Å². The van der Waals surface area contributed by atoms with Gasteiger partial charge in [-0.15, -0.1) is 0 Å². The highest BCUT2D eigenvalue weighted by molar-refractivity contribution is 5.80. The minimum Gasteiger partial charge on any atom is -0.493 e. The molecule has 1 fully saturated rings. The molecule has 1 aliphatic heterocycles. The normalized spacial score (nSPS) is 16.1. The Morgan fingerprint density at radius 1 is 1.33 bits per heavy atom. The monoisotopic (exact) mass is 334 g/mol. The maximum Gasteiger partial charge on any atom is 0.335 e. The summed E-state index contributed by atoms with van der Waals surface area (Å²) in [5.41, 5.74) is -1.36. The van der Waals surface area contributed by atoms with Crippen LogP contribution in [0.5, 0.6) is 11.5 Å². The molecule has 1 aromatic rings. The fourth-order valence-corrected chi connectivity index (χ4v) is 2.43. The fraction of sp³-hybridized carbons (Fsp3) is 0.438. The number of amides is 1. The largest absolute Gasteiger partial charge is 0.493 e. The number of benzene rings is 1. The highest BCUT2D eigenvalue weighted by Crippen LogP contribution is 2.28. The smallest absolute Gasteiger partial charge is 0.335 e.